The third-order valence-electron chi connectivity index (χ3n) is 4.91. The highest BCUT2D eigenvalue weighted by Crippen LogP contribution is 2.30. The molecule has 1 aliphatic rings. The summed E-state index contributed by atoms with van der Waals surface area (Å²) >= 11 is 0. The molecule has 3 aromatic rings. The number of rotatable bonds is 3. The minimum absolute atomic E-state index is 0.191. The van der Waals surface area contributed by atoms with E-state index < -0.39 is 0 Å². The van der Waals surface area contributed by atoms with Crippen molar-refractivity contribution in [2.75, 3.05) is 0 Å². The average Bonchev–Trinajstić information content (AvgIpc) is 2.92. The molecule has 1 N–H and O–H groups in total. The summed E-state index contributed by atoms with van der Waals surface area (Å²) in [6.45, 7) is 4.54. The monoisotopic (exact) mass is 332 g/mol. The first-order chi connectivity index (χ1) is 12.0. The van der Waals surface area contributed by atoms with Gasteiger partial charge in [-0.15, -0.1) is 0 Å². The average molecular weight is 332 g/mol. The molecular weight excluding hydrogens is 312 g/mol. The van der Waals surface area contributed by atoms with Crippen LogP contribution >= 0.6 is 0 Å². The Morgan fingerprint density at radius 2 is 2.04 bits per heavy atom. The van der Waals surface area contributed by atoms with Crippen molar-refractivity contribution in [3.05, 3.63) is 81.1 Å². The second-order valence-corrected chi connectivity index (χ2v) is 6.82. The minimum atomic E-state index is -0.318. The standard InChI is InChI=1S/C21H20N2O2/c1-13-5-3-6-15(9-13)11-22-21(25)18-12-23-14(2)10-16-7-4-8-17(19(16)23)20(18)24/h3-9,12,14H,10-11H2,1-2H3,(H,22,25)/t14-/m1/s1. The molecule has 0 fully saturated rings. The second kappa shape index (κ2) is 5.88. The van der Waals surface area contributed by atoms with Crippen molar-refractivity contribution in [3.8, 4) is 0 Å². The summed E-state index contributed by atoms with van der Waals surface area (Å²) in [4.78, 5) is 25.4. The van der Waals surface area contributed by atoms with Gasteiger partial charge in [0.05, 0.1) is 5.52 Å². The molecule has 2 heterocycles. The van der Waals surface area contributed by atoms with E-state index in [-0.39, 0.29) is 22.9 Å². The van der Waals surface area contributed by atoms with Crippen LogP contribution in [0.4, 0.5) is 0 Å². The number of nitrogens with zero attached hydrogens (tertiary/aromatic N) is 1. The molecular formula is C21H20N2O2. The molecule has 4 heteroatoms. The largest absolute Gasteiger partial charge is 0.348 e. The van der Waals surface area contributed by atoms with Crippen LogP contribution in [0.15, 0.2) is 53.5 Å². The van der Waals surface area contributed by atoms with Crippen LogP contribution in [-0.2, 0) is 13.0 Å². The van der Waals surface area contributed by atoms with E-state index in [4.69, 9.17) is 0 Å². The predicted octanol–water partition coefficient (Wildman–Crippen LogP) is 3.36. The maximum atomic E-state index is 12.8. The summed E-state index contributed by atoms with van der Waals surface area (Å²) in [5.74, 6) is -0.318. The number of nitrogens with one attached hydrogen (secondary N) is 1. The second-order valence-electron chi connectivity index (χ2n) is 6.82. The Kier molecular flexibility index (Phi) is 3.68. The van der Waals surface area contributed by atoms with Gasteiger partial charge in [0.15, 0.2) is 0 Å². The molecule has 0 unspecified atom stereocenters. The molecule has 1 aromatic heterocycles. The predicted molar refractivity (Wildman–Crippen MR) is 99.0 cm³/mol. The molecule has 1 aliphatic heterocycles. The maximum absolute atomic E-state index is 12.8. The number of pyridine rings is 1. The van der Waals surface area contributed by atoms with Crippen molar-refractivity contribution in [1.29, 1.82) is 0 Å². The lowest BCUT2D eigenvalue weighted by Crippen LogP contribution is -2.29. The summed E-state index contributed by atoms with van der Waals surface area (Å²) in [5, 5.41) is 3.51. The zero-order valence-electron chi connectivity index (χ0n) is 14.4. The number of carbonyl (C=O) groups excluding carboxylic acids is 1. The molecule has 0 aliphatic carbocycles. The third-order valence-corrected chi connectivity index (χ3v) is 4.91. The molecule has 4 rings (SSSR count). The third kappa shape index (κ3) is 2.64. The van der Waals surface area contributed by atoms with E-state index in [0.717, 1.165) is 23.1 Å². The summed E-state index contributed by atoms with van der Waals surface area (Å²) in [6, 6.07) is 14.0. The van der Waals surface area contributed by atoms with Gasteiger partial charge < -0.3 is 9.88 Å². The molecule has 4 nitrogen and oxygen atoms in total. The Labute approximate surface area is 146 Å². The molecule has 0 spiro atoms. The van der Waals surface area contributed by atoms with Crippen LogP contribution in [0.1, 0.15) is 40.0 Å². The van der Waals surface area contributed by atoms with Crippen molar-refractivity contribution in [2.45, 2.75) is 32.9 Å². The summed E-state index contributed by atoms with van der Waals surface area (Å²) in [7, 11) is 0. The summed E-state index contributed by atoms with van der Waals surface area (Å²) in [5.41, 5.74) is 4.33. The first kappa shape index (κ1) is 15.6. The van der Waals surface area contributed by atoms with Crippen LogP contribution in [0.2, 0.25) is 0 Å². The van der Waals surface area contributed by atoms with Gasteiger partial charge in [-0.05, 0) is 37.5 Å². The molecule has 2 aromatic carbocycles. The first-order valence-corrected chi connectivity index (χ1v) is 8.55. The molecule has 1 amide bonds. The zero-order valence-corrected chi connectivity index (χ0v) is 14.4. The Morgan fingerprint density at radius 1 is 1.24 bits per heavy atom. The molecule has 0 radical (unpaired) electrons. The summed E-state index contributed by atoms with van der Waals surface area (Å²) in [6.07, 6.45) is 2.61. The smallest absolute Gasteiger partial charge is 0.257 e. The highest BCUT2D eigenvalue weighted by atomic mass is 16.2. The molecule has 0 bridgehead atoms. The van der Waals surface area contributed by atoms with Crippen molar-refractivity contribution < 1.29 is 4.79 Å². The number of aryl methyl sites for hydroxylation is 1. The van der Waals surface area contributed by atoms with Crippen LogP contribution < -0.4 is 10.7 Å². The fourth-order valence-corrected chi connectivity index (χ4v) is 3.68. The van der Waals surface area contributed by atoms with Crippen molar-refractivity contribution in [3.63, 3.8) is 0 Å². The molecule has 25 heavy (non-hydrogen) atoms. The number of benzene rings is 2. The van der Waals surface area contributed by atoms with Gasteiger partial charge in [0.2, 0.25) is 5.43 Å². The number of para-hydroxylation sites is 1. The molecule has 0 saturated heterocycles. The molecule has 1 atom stereocenters. The van der Waals surface area contributed by atoms with Gasteiger partial charge in [0, 0.05) is 24.2 Å². The van der Waals surface area contributed by atoms with Gasteiger partial charge in [0.1, 0.15) is 5.56 Å². The fraction of sp³-hybridized carbons (Fsp3) is 0.238. The van der Waals surface area contributed by atoms with E-state index in [1.807, 2.05) is 43.3 Å². The Balaban J connectivity index is 1.69. The van der Waals surface area contributed by atoms with E-state index in [1.54, 1.807) is 6.20 Å². The molecule has 0 saturated carbocycles. The van der Waals surface area contributed by atoms with E-state index in [9.17, 15) is 9.59 Å². The highest BCUT2D eigenvalue weighted by Gasteiger charge is 2.24. The Hall–Kier alpha value is -2.88. The molecule has 126 valence electrons. The quantitative estimate of drug-likeness (QED) is 0.799. The van der Waals surface area contributed by atoms with E-state index in [0.29, 0.717) is 11.9 Å². The lowest BCUT2D eigenvalue weighted by molar-refractivity contribution is 0.0949. The van der Waals surface area contributed by atoms with E-state index in [1.165, 1.54) is 5.56 Å². The van der Waals surface area contributed by atoms with Crippen LogP contribution in [-0.4, -0.2) is 10.5 Å². The lowest BCUT2D eigenvalue weighted by Gasteiger charge is -2.13. The highest BCUT2D eigenvalue weighted by molar-refractivity contribution is 5.98. The SMILES string of the molecule is Cc1cccc(CNC(=O)c2cn3c4c(cccc4c2=O)C[C@H]3C)c1. The van der Waals surface area contributed by atoms with Crippen LogP contribution in [0.25, 0.3) is 10.9 Å². The lowest BCUT2D eigenvalue weighted by atomic mass is 10.1. The number of aromatic nitrogens is 1. The number of hydrogen-bond donors (Lipinski definition) is 1. The topological polar surface area (TPSA) is 51.1 Å². The summed E-state index contributed by atoms with van der Waals surface area (Å²) < 4.78 is 2.06. The fourth-order valence-electron chi connectivity index (χ4n) is 3.68. The maximum Gasteiger partial charge on any atom is 0.257 e. The van der Waals surface area contributed by atoms with Gasteiger partial charge in [-0.1, -0.05) is 42.0 Å². The number of hydrogen-bond acceptors (Lipinski definition) is 2. The Bertz CT molecular complexity index is 1050. The Morgan fingerprint density at radius 3 is 2.84 bits per heavy atom. The zero-order chi connectivity index (χ0) is 17.6. The normalized spacial score (nSPS) is 15.5. The van der Waals surface area contributed by atoms with Gasteiger partial charge in [-0.3, -0.25) is 9.59 Å². The van der Waals surface area contributed by atoms with Crippen LogP contribution in [0, 0.1) is 6.92 Å². The van der Waals surface area contributed by atoms with E-state index in [2.05, 4.69) is 22.9 Å². The van der Waals surface area contributed by atoms with Gasteiger partial charge >= 0.3 is 0 Å². The first-order valence-electron chi connectivity index (χ1n) is 8.55. The van der Waals surface area contributed by atoms with Gasteiger partial charge in [-0.2, -0.15) is 0 Å². The van der Waals surface area contributed by atoms with Crippen molar-refractivity contribution >= 4 is 16.8 Å². The van der Waals surface area contributed by atoms with Crippen molar-refractivity contribution in [2.24, 2.45) is 0 Å². The van der Waals surface area contributed by atoms with Crippen LogP contribution in [0.5, 0.6) is 0 Å². The van der Waals surface area contributed by atoms with Gasteiger partial charge in [0.25, 0.3) is 5.91 Å². The van der Waals surface area contributed by atoms with E-state index >= 15 is 0 Å². The van der Waals surface area contributed by atoms with Crippen LogP contribution in [0.3, 0.4) is 0 Å². The number of amides is 1. The van der Waals surface area contributed by atoms with Crippen molar-refractivity contribution in [1.82, 2.24) is 9.88 Å². The number of carbonyl (C=O) groups is 1. The minimum Gasteiger partial charge on any atom is -0.348 e. The van der Waals surface area contributed by atoms with Gasteiger partial charge in [-0.25, -0.2) is 0 Å².